The van der Waals surface area contributed by atoms with Crippen molar-refractivity contribution in [2.45, 2.75) is 40.0 Å². The fraction of sp³-hybridized carbons (Fsp3) is 0.667. The highest BCUT2D eigenvalue weighted by Gasteiger charge is 2.00. The van der Waals surface area contributed by atoms with E-state index in [9.17, 15) is 10.4 Å². The molecule has 0 aliphatic rings. The molecule has 0 rings (SSSR count). The average Bonchev–Trinajstić information content (AvgIpc) is 2.27. The molecule has 0 aromatic heterocycles. The maximum Gasteiger partial charge on any atom is 0.126 e. The van der Waals surface area contributed by atoms with Crippen molar-refractivity contribution in [1.29, 1.82) is 0 Å². The van der Waals surface area contributed by atoms with Crippen LogP contribution in [0.2, 0.25) is 0 Å². The van der Waals surface area contributed by atoms with Crippen molar-refractivity contribution in [2.75, 3.05) is 13.6 Å². The number of rotatable bonds is 8. The number of hydrogen-bond donors (Lipinski definition) is 3. The van der Waals surface area contributed by atoms with E-state index in [0.29, 0.717) is 13.0 Å². The Morgan fingerprint density at radius 3 is 2.29 bits per heavy atom. The van der Waals surface area contributed by atoms with E-state index in [1.54, 1.807) is 0 Å². The number of hydrogen-bond acceptors (Lipinski definition) is 3. The molecule has 0 radical (unpaired) electrons. The van der Waals surface area contributed by atoms with Crippen molar-refractivity contribution in [3.63, 3.8) is 0 Å². The summed E-state index contributed by atoms with van der Waals surface area (Å²) in [5.41, 5.74) is 4.93. The SMILES string of the molecule is CN[NH+]([O-])[NH+]([O-])CC/C=C(\C)CCC=C(C)C. The van der Waals surface area contributed by atoms with Gasteiger partial charge in [0, 0.05) is 13.5 Å². The molecule has 100 valence electrons. The van der Waals surface area contributed by atoms with Gasteiger partial charge in [0.05, 0.1) is 0 Å². The first-order valence-corrected chi connectivity index (χ1v) is 6.01. The van der Waals surface area contributed by atoms with Crippen LogP contribution in [0.25, 0.3) is 0 Å². The van der Waals surface area contributed by atoms with Crippen molar-refractivity contribution in [2.24, 2.45) is 0 Å². The Labute approximate surface area is 104 Å². The predicted molar refractivity (Wildman–Crippen MR) is 69.6 cm³/mol. The Kier molecular flexibility index (Phi) is 8.93. The Balaban J connectivity index is 3.80. The first-order chi connectivity index (χ1) is 7.97. The van der Waals surface area contributed by atoms with Gasteiger partial charge in [0.2, 0.25) is 0 Å². The molecule has 0 saturated heterocycles. The molecule has 0 aliphatic heterocycles. The molecule has 5 heteroatoms. The van der Waals surface area contributed by atoms with Crippen molar-refractivity contribution < 1.29 is 10.5 Å². The fourth-order valence-electron chi connectivity index (χ4n) is 1.39. The van der Waals surface area contributed by atoms with Crippen molar-refractivity contribution in [1.82, 2.24) is 5.43 Å². The van der Waals surface area contributed by atoms with Crippen LogP contribution in [0, 0.1) is 10.4 Å². The van der Waals surface area contributed by atoms with Crippen molar-refractivity contribution in [3.8, 4) is 0 Å². The van der Waals surface area contributed by atoms with E-state index in [1.807, 2.05) is 6.08 Å². The molecular formula is C12H25N3O2. The molecule has 17 heavy (non-hydrogen) atoms. The van der Waals surface area contributed by atoms with Gasteiger partial charge in [-0.3, -0.25) is 0 Å². The highest BCUT2D eigenvalue weighted by molar-refractivity contribution is 5.01. The Morgan fingerprint density at radius 2 is 1.76 bits per heavy atom. The van der Waals surface area contributed by atoms with E-state index in [0.717, 1.165) is 12.8 Å². The zero-order valence-electron chi connectivity index (χ0n) is 11.3. The van der Waals surface area contributed by atoms with Gasteiger partial charge < -0.3 is 10.4 Å². The van der Waals surface area contributed by atoms with Gasteiger partial charge in [0.25, 0.3) is 0 Å². The van der Waals surface area contributed by atoms with Crippen molar-refractivity contribution >= 4 is 0 Å². The topological polar surface area (TPSA) is 67.0 Å². The first kappa shape index (κ1) is 16.3. The summed E-state index contributed by atoms with van der Waals surface area (Å²) in [5.74, 6) is 0. The molecule has 0 fully saturated rings. The second-order valence-corrected chi connectivity index (χ2v) is 4.41. The lowest BCUT2D eigenvalue weighted by Gasteiger charge is -2.30. The average molecular weight is 243 g/mol. The van der Waals surface area contributed by atoms with Gasteiger partial charge in [-0.2, -0.15) is 5.17 Å². The lowest BCUT2D eigenvalue weighted by molar-refractivity contribution is -1.48. The van der Waals surface area contributed by atoms with Crippen LogP contribution >= 0.6 is 0 Å². The molecule has 0 spiro atoms. The third-order valence-electron chi connectivity index (χ3n) is 2.44. The van der Waals surface area contributed by atoms with Crippen LogP contribution in [0.1, 0.15) is 40.0 Å². The molecule has 0 aromatic rings. The molecule has 0 amide bonds. The molecule has 2 unspecified atom stereocenters. The van der Waals surface area contributed by atoms with Gasteiger partial charge >= 0.3 is 0 Å². The zero-order valence-corrected chi connectivity index (χ0v) is 11.3. The van der Waals surface area contributed by atoms with Gasteiger partial charge in [0.1, 0.15) is 6.54 Å². The summed E-state index contributed by atoms with van der Waals surface area (Å²) >= 11 is 0. The third kappa shape index (κ3) is 9.02. The van der Waals surface area contributed by atoms with Crippen LogP contribution < -0.4 is 15.9 Å². The van der Waals surface area contributed by atoms with Crippen molar-refractivity contribution in [3.05, 3.63) is 33.7 Å². The Hall–Kier alpha value is -0.720. The second-order valence-electron chi connectivity index (χ2n) is 4.41. The summed E-state index contributed by atoms with van der Waals surface area (Å²) in [6.45, 7) is 6.52. The molecule has 0 saturated carbocycles. The Bertz CT molecular complexity index is 260. The van der Waals surface area contributed by atoms with E-state index in [4.69, 9.17) is 0 Å². The van der Waals surface area contributed by atoms with Gasteiger partial charge in [0.15, 0.2) is 0 Å². The van der Waals surface area contributed by atoms with E-state index >= 15 is 0 Å². The minimum Gasteiger partial charge on any atom is -0.582 e. The smallest absolute Gasteiger partial charge is 0.126 e. The molecule has 3 N–H and O–H groups in total. The Morgan fingerprint density at radius 1 is 1.12 bits per heavy atom. The first-order valence-electron chi connectivity index (χ1n) is 6.01. The van der Waals surface area contributed by atoms with E-state index in [1.165, 1.54) is 18.2 Å². The molecular weight excluding hydrogens is 218 g/mol. The van der Waals surface area contributed by atoms with Crippen LogP contribution in [-0.2, 0) is 0 Å². The quantitative estimate of drug-likeness (QED) is 0.411. The molecule has 0 aliphatic carbocycles. The monoisotopic (exact) mass is 243 g/mol. The summed E-state index contributed by atoms with van der Waals surface area (Å²) in [7, 11) is 1.47. The summed E-state index contributed by atoms with van der Waals surface area (Å²) in [6, 6.07) is 0. The minimum absolute atomic E-state index is 0.291. The maximum absolute atomic E-state index is 11.2. The number of hydroxylamine groups is 1. The standard InChI is InChI=1S/C12H25N3O2/c1-11(2)7-5-8-12(3)9-6-10-14(16)15(17)13-4/h7,9,13-15H,5-6,8,10H2,1-4H3/b12-9+. The molecule has 0 heterocycles. The highest BCUT2D eigenvalue weighted by Crippen LogP contribution is 2.06. The lowest BCUT2D eigenvalue weighted by atomic mass is 10.1. The maximum atomic E-state index is 11.2. The summed E-state index contributed by atoms with van der Waals surface area (Å²) in [5, 5.41) is 21.3. The summed E-state index contributed by atoms with van der Waals surface area (Å²) in [4.78, 5) is 0. The summed E-state index contributed by atoms with van der Waals surface area (Å²) < 4.78 is 0. The number of allylic oxidation sites excluding steroid dienone is 3. The fourth-order valence-corrected chi connectivity index (χ4v) is 1.39. The predicted octanol–water partition coefficient (Wildman–Crippen LogP) is -0.116. The molecule has 5 nitrogen and oxygen atoms in total. The highest BCUT2D eigenvalue weighted by atomic mass is 16.7. The van der Waals surface area contributed by atoms with Crippen LogP contribution in [0.4, 0.5) is 0 Å². The van der Waals surface area contributed by atoms with Crippen LogP contribution in [-0.4, -0.2) is 13.6 Å². The van der Waals surface area contributed by atoms with E-state index in [-0.39, 0.29) is 5.17 Å². The van der Waals surface area contributed by atoms with E-state index < -0.39 is 5.28 Å². The van der Waals surface area contributed by atoms with Crippen LogP contribution in [0.15, 0.2) is 23.3 Å². The van der Waals surface area contributed by atoms with Gasteiger partial charge in [-0.25, -0.2) is 0 Å². The zero-order chi connectivity index (χ0) is 13.3. The van der Waals surface area contributed by atoms with Crippen LogP contribution in [0.5, 0.6) is 0 Å². The third-order valence-corrected chi connectivity index (χ3v) is 2.44. The largest absolute Gasteiger partial charge is 0.582 e. The molecule has 0 aromatic carbocycles. The normalized spacial score (nSPS) is 15.5. The molecule has 0 bridgehead atoms. The van der Waals surface area contributed by atoms with Gasteiger partial charge in [-0.1, -0.05) is 23.3 Å². The number of nitrogens with one attached hydrogen (secondary N) is 3. The van der Waals surface area contributed by atoms with E-state index in [2.05, 4.69) is 32.3 Å². The minimum atomic E-state index is -0.499. The lowest BCUT2D eigenvalue weighted by Crippen LogP contribution is -3.58. The van der Waals surface area contributed by atoms with Gasteiger partial charge in [-0.15, -0.1) is 10.7 Å². The summed E-state index contributed by atoms with van der Waals surface area (Å²) in [6.07, 6.45) is 6.94. The van der Waals surface area contributed by atoms with Gasteiger partial charge in [-0.05, 0) is 33.6 Å². The second kappa shape index (κ2) is 9.32. The molecule has 2 atom stereocenters. The van der Waals surface area contributed by atoms with Crippen LogP contribution in [0.3, 0.4) is 0 Å². The number of quaternary nitrogens is 2.